The number of rotatable bonds is 6. The maximum atomic E-state index is 12.1. The van der Waals surface area contributed by atoms with Gasteiger partial charge in [-0.1, -0.05) is 19.1 Å². The molecule has 1 rings (SSSR count). The minimum absolute atomic E-state index is 0.000318. The number of amides is 1. The molecular weight excluding hydrogens is 248 g/mol. The minimum Gasteiger partial charge on any atom is -0.351 e. The number of aryl methyl sites for hydroxylation is 1. The summed E-state index contributed by atoms with van der Waals surface area (Å²) in [5.41, 5.74) is 4.41. The third-order valence-electron chi connectivity index (χ3n) is 3.42. The van der Waals surface area contributed by atoms with Crippen molar-refractivity contribution in [1.82, 2.24) is 10.2 Å². The zero-order valence-electron chi connectivity index (χ0n) is 13.3. The summed E-state index contributed by atoms with van der Waals surface area (Å²) >= 11 is 0. The van der Waals surface area contributed by atoms with E-state index in [9.17, 15) is 4.79 Å². The van der Waals surface area contributed by atoms with Gasteiger partial charge < -0.3 is 10.2 Å². The number of carbonyl (C=O) groups excluding carboxylic acids is 1. The van der Waals surface area contributed by atoms with E-state index in [0.29, 0.717) is 6.54 Å². The average molecular weight is 274 g/mol. The molecule has 1 N–H and O–H groups in total. The summed E-state index contributed by atoms with van der Waals surface area (Å²) in [6.07, 6.45) is 3.10. The SMILES string of the molecule is C/C=C(\CC)c1cc(C(=O)NCCN(C)C)ccc1C. The highest BCUT2D eigenvalue weighted by Crippen LogP contribution is 2.23. The van der Waals surface area contributed by atoms with Crippen LogP contribution in [-0.2, 0) is 0 Å². The maximum Gasteiger partial charge on any atom is 0.251 e. The van der Waals surface area contributed by atoms with Crippen LogP contribution in [0.1, 0.15) is 41.8 Å². The molecule has 1 aromatic carbocycles. The number of hydrogen-bond acceptors (Lipinski definition) is 2. The lowest BCUT2D eigenvalue weighted by Gasteiger charge is -2.13. The molecule has 0 atom stereocenters. The third kappa shape index (κ3) is 4.49. The van der Waals surface area contributed by atoms with Gasteiger partial charge in [0, 0.05) is 18.7 Å². The summed E-state index contributed by atoms with van der Waals surface area (Å²) in [7, 11) is 3.99. The fourth-order valence-corrected chi connectivity index (χ4v) is 2.15. The van der Waals surface area contributed by atoms with Crippen LogP contribution in [0.5, 0.6) is 0 Å². The molecular formula is C17H26N2O. The van der Waals surface area contributed by atoms with Gasteiger partial charge in [-0.15, -0.1) is 0 Å². The van der Waals surface area contributed by atoms with E-state index in [4.69, 9.17) is 0 Å². The molecule has 0 bridgehead atoms. The van der Waals surface area contributed by atoms with Crippen LogP contribution in [0.4, 0.5) is 0 Å². The summed E-state index contributed by atoms with van der Waals surface area (Å²) in [6.45, 7) is 7.78. The van der Waals surface area contributed by atoms with Gasteiger partial charge in [-0.3, -0.25) is 4.79 Å². The molecule has 0 spiro atoms. The van der Waals surface area contributed by atoms with Gasteiger partial charge in [-0.2, -0.15) is 0 Å². The summed E-state index contributed by atoms with van der Waals surface area (Å²) in [6, 6.07) is 5.92. The molecule has 0 aliphatic heterocycles. The number of nitrogens with one attached hydrogen (secondary N) is 1. The number of allylic oxidation sites excluding steroid dienone is 2. The molecule has 0 saturated heterocycles. The Kier molecular flexibility index (Phi) is 6.46. The summed E-state index contributed by atoms with van der Waals surface area (Å²) in [5.74, 6) is -0.000318. The molecule has 3 heteroatoms. The molecule has 0 saturated carbocycles. The Morgan fingerprint density at radius 1 is 1.35 bits per heavy atom. The summed E-state index contributed by atoms with van der Waals surface area (Å²) in [5, 5.41) is 2.95. The lowest BCUT2D eigenvalue weighted by atomic mass is 9.96. The molecule has 1 aromatic rings. The topological polar surface area (TPSA) is 32.3 Å². The molecule has 110 valence electrons. The van der Waals surface area contributed by atoms with Gasteiger partial charge in [0.1, 0.15) is 0 Å². The first-order valence-electron chi connectivity index (χ1n) is 7.18. The minimum atomic E-state index is -0.000318. The Balaban J connectivity index is 2.86. The Hall–Kier alpha value is -1.61. The van der Waals surface area contributed by atoms with Crippen LogP contribution in [0.2, 0.25) is 0 Å². The molecule has 3 nitrogen and oxygen atoms in total. The molecule has 0 fully saturated rings. The standard InChI is InChI=1S/C17H26N2O/c1-6-14(7-2)16-12-15(9-8-13(16)3)17(20)18-10-11-19(4)5/h6,8-9,12H,7,10-11H2,1-5H3,(H,18,20)/b14-6+. The van der Waals surface area contributed by atoms with Crippen LogP contribution in [0, 0.1) is 6.92 Å². The molecule has 0 radical (unpaired) electrons. The highest BCUT2D eigenvalue weighted by Gasteiger charge is 2.09. The van der Waals surface area contributed by atoms with Crippen molar-refractivity contribution in [2.24, 2.45) is 0 Å². The smallest absolute Gasteiger partial charge is 0.251 e. The van der Waals surface area contributed by atoms with Crippen molar-refractivity contribution in [3.8, 4) is 0 Å². The van der Waals surface area contributed by atoms with Gasteiger partial charge in [0.05, 0.1) is 0 Å². The Labute approximate surface area is 122 Å². The Bertz CT molecular complexity index is 490. The van der Waals surface area contributed by atoms with Crippen LogP contribution in [0.15, 0.2) is 24.3 Å². The number of likely N-dealkylation sites (N-methyl/N-ethyl adjacent to an activating group) is 1. The second kappa shape index (κ2) is 7.85. The monoisotopic (exact) mass is 274 g/mol. The predicted octanol–water partition coefficient (Wildman–Crippen LogP) is 3.10. The first kappa shape index (κ1) is 16.4. The summed E-state index contributed by atoms with van der Waals surface area (Å²) < 4.78 is 0. The van der Waals surface area contributed by atoms with Gasteiger partial charge >= 0.3 is 0 Å². The van der Waals surface area contributed by atoms with Crippen LogP contribution in [0.3, 0.4) is 0 Å². The summed E-state index contributed by atoms with van der Waals surface area (Å²) in [4.78, 5) is 14.2. The van der Waals surface area contributed by atoms with Crippen molar-refractivity contribution in [3.05, 3.63) is 41.0 Å². The van der Waals surface area contributed by atoms with Crippen molar-refractivity contribution in [3.63, 3.8) is 0 Å². The van der Waals surface area contributed by atoms with Crippen molar-refractivity contribution in [2.45, 2.75) is 27.2 Å². The van der Waals surface area contributed by atoms with Crippen molar-refractivity contribution >= 4 is 11.5 Å². The Morgan fingerprint density at radius 3 is 2.60 bits per heavy atom. The van der Waals surface area contributed by atoms with E-state index >= 15 is 0 Å². The first-order chi connectivity index (χ1) is 9.49. The van der Waals surface area contributed by atoms with Gasteiger partial charge in [0.25, 0.3) is 5.91 Å². The van der Waals surface area contributed by atoms with E-state index in [1.807, 2.05) is 39.2 Å². The maximum absolute atomic E-state index is 12.1. The highest BCUT2D eigenvalue weighted by molar-refractivity contribution is 5.95. The predicted molar refractivity (Wildman–Crippen MR) is 86.0 cm³/mol. The molecule has 0 aliphatic rings. The quantitative estimate of drug-likeness (QED) is 0.864. The molecule has 0 aromatic heterocycles. The molecule has 0 heterocycles. The highest BCUT2D eigenvalue weighted by atomic mass is 16.1. The first-order valence-corrected chi connectivity index (χ1v) is 7.18. The van der Waals surface area contributed by atoms with Gasteiger partial charge in [-0.25, -0.2) is 0 Å². The van der Waals surface area contributed by atoms with E-state index in [0.717, 1.165) is 18.5 Å². The third-order valence-corrected chi connectivity index (χ3v) is 3.42. The second-order valence-electron chi connectivity index (χ2n) is 5.26. The lowest BCUT2D eigenvalue weighted by Crippen LogP contribution is -2.31. The van der Waals surface area contributed by atoms with Gasteiger partial charge in [0.2, 0.25) is 0 Å². The van der Waals surface area contributed by atoms with Gasteiger partial charge in [0.15, 0.2) is 0 Å². The number of hydrogen-bond donors (Lipinski definition) is 1. The number of carbonyl (C=O) groups is 1. The largest absolute Gasteiger partial charge is 0.351 e. The van der Waals surface area contributed by atoms with E-state index < -0.39 is 0 Å². The van der Waals surface area contributed by atoms with E-state index in [1.165, 1.54) is 16.7 Å². The zero-order valence-corrected chi connectivity index (χ0v) is 13.3. The Morgan fingerprint density at radius 2 is 2.05 bits per heavy atom. The fraction of sp³-hybridized carbons (Fsp3) is 0.471. The fourth-order valence-electron chi connectivity index (χ4n) is 2.15. The zero-order chi connectivity index (χ0) is 15.1. The van der Waals surface area contributed by atoms with Crippen LogP contribution in [-0.4, -0.2) is 38.0 Å². The lowest BCUT2D eigenvalue weighted by molar-refractivity contribution is 0.0951. The van der Waals surface area contributed by atoms with Gasteiger partial charge in [-0.05, 0) is 63.2 Å². The second-order valence-corrected chi connectivity index (χ2v) is 5.26. The normalized spacial score (nSPS) is 11.8. The van der Waals surface area contributed by atoms with E-state index in [1.54, 1.807) is 0 Å². The average Bonchev–Trinajstić information content (AvgIpc) is 2.41. The molecule has 0 unspecified atom stereocenters. The number of benzene rings is 1. The van der Waals surface area contributed by atoms with Crippen molar-refractivity contribution in [2.75, 3.05) is 27.2 Å². The number of nitrogens with zero attached hydrogens (tertiary/aromatic N) is 1. The molecule has 20 heavy (non-hydrogen) atoms. The van der Waals surface area contributed by atoms with Crippen LogP contribution in [0.25, 0.3) is 5.57 Å². The van der Waals surface area contributed by atoms with Crippen LogP contribution >= 0.6 is 0 Å². The molecule has 0 aliphatic carbocycles. The van der Waals surface area contributed by atoms with Crippen molar-refractivity contribution < 1.29 is 4.79 Å². The van der Waals surface area contributed by atoms with E-state index in [-0.39, 0.29) is 5.91 Å². The van der Waals surface area contributed by atoms with Crippen molar-refractivity contribution in [1.29, 1.82) is 0 Å². The van der Waals surface area contributed by atoms with E-state index in [2.05, 4.69) is 30.1 Å². The van der Waals surface area contributed by atoms with Crippen LogP contribution < -0.4 is 5.32 Å². The molecule has 1 amide bonds.